The third-order valence-electron chi connectivity index (χ3n) is 3.75. The van der Waals surface area contributed by atoms with Crippen LogP contribution in [0.15, 0.2) is 6.33 Å². The molecule has 114 valence electrons. The summed E-state index contributed by atoms with van der Waals surface area (Å²) in [6, 6.07) is 0.491. The predicted molar refractivity (Wildman–Crippen MR) is 89.0 cm³/mol. The quantitative estimate of drug-likeness (QED) is 0.761. The van der Waals surface area contributed by atoms with Gasteiger partial charge in [-0.25, -0.2) is 4.98 Å². The molecule has 21 heavy (non-hydrogen) atoms. The Morgan fingerprint density at radius 2 is 2.24 bits per heavy atom. The number of anilines is 2. The molecule has 0 bridgehead atoms. The van der Waals surface area contributed by atoms with E-state index in [9.17, 15) is 0 Å². The summed E-state index contributed by atoms with van der Waals surface area (Å²) in [6.07, 6.45) is 5.36. The van der Waals surface area contributed by atoms with Crippen LogP contribution in [0.4, 0.5) is 11.8 Å². The van der Waals surface area contributed by atoms with Crippen LogP contribution in [0.3, 0.4) is 0 Å². The SMILES string of the molecule is CCNc1nc(NC2CCC(SCC)C2)c2[nH]cnc2n1. The van der Waals surface area contributed by atoms with E-state index in [-0.39, 0.29) is 0 Å². The molecular formula is C14H22N6S. The van der Waals surface area contributed by atoms with E-state index >= 15 is 0 Å². The molecule has 1 saturated carbocycles. The molecule has 0 spiro atoms. The largest absolute Gasteiger partial charge is 0.365 e. The number of fused-ring (bicyclic) bond motifs is 1. The molecule has 2 unspecified atom stereocenters. The maximum absolute atomic E-state index is 4.59. The molecule has 2 aromatic heterocycles. The zero-order valence-corrected chi connectivity index (χ0v) is 13.3. The number of imidazole rings is 1. The Balaban J connectivity index is 1.78. The number of hydrogen-bond acceptors (Lipinski definition) is 6. The highest BCUT2D eigenvalue weighted by atomic mass is 32.2. The standard InChI is InChI=1S/C14H22N6S/c1-3-15-14-19-12-11(16-8-17-12)13(20-14)18-9-5-6-10(7-9)21-4-2/h8-10H,3-7H2,1-2H3,(H3,15,16,17,18,19,20). The molecule has 6 nitrogen and oxygen atoms in total. The van der Waals surface area contributed by atoms with Gasteiger partial charge >= 0.3 is 0 Å². The fraction of sp³-hybridized carbons (Fsp3) is 0.643. The summed E-state index contributed by atoms with van der Waals surface area (Å²) in [7, 11) is 0. The molecule has 3 rings (SSSR count). The van der Waals surface area contributed by atoms with E-state index in [1.54, 1.807) is 6.33 Å². The van der Waals surface area contributed by atoms with E-state index in [1.807, 2.05) is 6.92 Å². The van der Waals surface area contributed by atoms with Gasteiger partial charge in [-0.2, -0.15) is 21.7 Å². The van der Waals surface area contributed by atoms with Crippen LogP contribution < -0.4 is 10.6 Å². The van der Waals surface area contributed by atoms with Gasteiger partial charge in [0.05, 0.1) is 6.33 Å². The van der Waals surface area contributed by atoms with Crippen molar-refractivity contribution in [2.45, 2.75) is 44.4 Å². The molecule has 0 aliphatic heterocycles. The minimum atomic E-state index is 0.491. The van der Waals surface area contributed by atoms with Crippen LogP contribution >= 0.6 is 11.8 Å². The number of nitrogens with zero attached hydrogens (tertiary/aromatic N) is 3. The lowest BCUT2D eigenvalue weighted by Gasteiger charge is -2.15. The number of thioether (sulfide) groups is 1. The van der Waals surface area contributed by atoms with E-state index in [0.29, 0.717) is 17.6 Å². The Hall–Kier alpha value is -1.50. The zero-order chi connectivity index (χ0) is 14.7. The Morgan fingerprint density at radius 1 is 1.33 bits per heavy atom. The number of aromatic amines is 1. The first-order chi connectivity index (χ1) is 10.3. The summed E-state index contributed by atoms with van der Waals surface area (Å²) in [5.41, 5.74) is 1.60. The summed E-state index contributed by atoms with van der Waals surface area (Å²) in [5.74, 6) is 2.69. The van der Waals surface area contributed by atoms with Crippen LogP contribution in [0, 0.1) is 0 Å². The van der Waals surface area contributed by atoms with Crippen LogP contribution in [0.5, 0.6) is 0 Å². The summed E-state index contributed by atoms with van der Waals surface area (Å²) < 4.78 is 0. The van der Waals surface area contributed by atoms with Crippen molar-refractivity contribution in [3.05, 3.63) is 6.33 Å². The van der Waals surface area contributed by atoms with Crippen molar-refractivity contribution in [1.82, 2.24) is 19.9 Å². The zero-order valence-electron chi connectivity index (χ0n) is 12.5. The Kier molecular flexibility index (Phi) is 4.48. The van der Waals surface area contributed by atoms with Crippen LogP contribution in [0.1, 0.15) is 33.1 Å². The molecule has 1 aliphatic carbocycles. The van der Waals surface area contributed by atoms with Crippen LogP contribution in [-0.4, -0.2) is 43.5 Å². The van der Waals surface area contributed by atoms with Crippen molar-refractivity contribution in [3.63, 3.8) is 0 Å². The van der Waals surface area contributed by atoms with Gasteiger partial charge in [0.15, 0.2) is 11.5 Å². The third-order valence-corrected chi connectivity index (χ3v) is 4.98. The number of rotatable bonds is 6. The highest BCUT2D eigenvalue weighted by Gasteiger charge is 2.25. The van der Waals surface area contributed by atoms with E-state index in [1.165, 1.54) is 25.0 Å². The van der Waals surface area contributed by atoms with Gasteiger partial charge in [-0.1, -0.05) is 6.92 Å². The van der Waals surface area contributed by atoms with Gasteiger partial charge in [-0.3, -0.25) is 0 Å². The topological polar surface area (TPSA) is 78.5 Å². The van der Waals surface area contributed by atoms with Gasteiger partial charge in [0, 0.05) is 17.8 Å². The van der Waals surface area contributed by atoms with Crippen LogP contribution in [0.2, 0.25) is 0 Å². The fourth-order valence-corrected chi connectivity index (χ4v) is 3.97. The van der Waals surface area contributed by atoms with Crippen molar-refractivity contribution in [2.24, 2.45) is 0 Å². The minimum Gasteiger partial charge on any atom is -0.365 e. The molecule has 2 atom stereocenters. The van der Waals surface area contributed by atoms with Crippen molar-refractivity contribution >= 4 is 34.7 Å². The highest BCUT2D eigenvalue weighted by molar-refractivity contribution is 7.99. The van der Waals surface area contributed by atoms with Gasteiger partial charge < -0.3 is 15.6 Å². The average molecular weight is 306 g/mol. The molecule has 0 radical (unpaired) electrons. The van der Waals surface area contributed by atoms with Crippen molar-refractivity contribution in [3.8, 4) is 0 Å². The molecule has 3 N–H and O–H groups in total. The Morgan fingerprint density at radius 3 is 3.05 bits per heavy atom. The number of aromatic nitrogens is 4. The molecular weight excluding hydrogens is 284 g/mol. The number of hydrogen-bond donors (Lipinski definition) is 3. The molecule has 0 amide bonds. The lowest BCUT2D eigenvalue weighted by atomic mass is 10.2. The van der Waals surface area contributed by atoms with Crippen molar-refractivity contribution in [1.29, 1.82) is 0 Å². The third kappa shape index (κ3) is 3.23. The molecule has 2 aromatic rings. The lowest BCUT2D eigenvalue weighted by Crippen LogP contribution is -2.18. The molecule has 0 aromatic carbocycles. The number of H-pyrrole nitrogens is 1. The van der Waals surface area contributed by atoms with Crippen molar-refractivity contribution < 1.29 is 0 Å². The summed E-state index contributed by atoms with van der Waals surface area (Å²) in [5, 5.41) is 7.52. The molecule has 0 saturated heterocycles. The first kappa shape index (κ1) is 14.4. The van der Waals surface area contributed by atoms with E-state index in [0.717, 1.165) is 23.1 Å². The molecule has 1 aliphatic rings. The molecule has 2 heterocycles. The number of nitrogens with one attached hydrogen (secondary N) is 3. The van der Waals surface area contributed by atoms with E-state index in [4.69, 9.17) is 0 Å². The van der Waals surface area contributed by atoms with Gasteiger partial charge in [0.25, 0.3) is 0 Å². The lowest BCUT2D eigenvalue weighted by molar-refractivity contribution is 0.753. The van der Waals surface area contributed by atoms with Crippen molar-refractivity contribution in [2.75, 3.05) is 22.9 Å². The first-order valence-corrected chi connectivity index (χ1v) is 8.68. The monoisotopic (exact) mass is 306 g/mol. The maximum atomic E-state index is 4.59. The average Bonchev–Trinajstić information content (AvgIpc) is 3.09. The van der Waals surface area contributed by atoms with Gasteiger partial charge in [0.2, 0.25) is 5.95 Å². The summed E-state index contributed by atoms with van der Waals surface area (Å²) in [4.78, 5) is 16.4. The maximum Gasteiger partial charge on any atom is 0.226 e. The van der Waals surface area contributed by atoms with Crippen LogP contribution in [0.25, 0.3) is 11.2 Å². The second-order valence-corrected chi connectivity index (χ2v) is 6.84. The van der Waals surface area contributed by atoms with Gasteiger partial charge in [-0.15, -0.1) is 0 Å². The Labute approximate surface area is 128 Å². The van der Waals surface area contributed by atoms with E-state index in [2.05, 4.69) is 49.3 Å². The summed E-state index contributed by atoms with van der Waals surface area (Å²) in [6.45, 7) is 5.06. The smallest absolute Gasteiger partial charge is 0.226 e. The van der Waals surface area contributed by atoms with Gasteiger partial charge in [-0.05, 0) is 31.9 Å². The predicted octanol–water partition coefficient (Wildman–Crippen LogP) is 2.87. The van der Waals surface area contributed by atoms with Gasteiger partial charge in [0.1, 0.15) is 5.52 Å². The summed E-state index contributed by atoms with van der Waals surface area (Å²) >= 11 is 2.06. The normalized spacial score (nSPS) is 21.8. The molecule has 1 fully saturated rings. The second-order valence-electron chi connectivity index (χ2n) is 5.26. The van der Waals surface area contributed by atoms with Crippen LogP contribution in [-0.2, 0) is 0 Å². The Bertz CT molecular complexity index is 598. The fourth-order valence-electron chi connectivity index (χ4n) is 2.83. The van der Waals surface area contributed by atoms with E-state index < -0.39 is 0 Å². The second kappa shape index (κ2) is 6.51. The molecule has 7 heteroatoms. The first-order valence-electron chi connectivity index (χ1n) is 7.63. The minimum absolute atomic E-state index is 0.491. The highest BCUT2D eigenvalue weighted by Crippen LogP contribution is 2.32.